The van der Waals surface area contributed by atoms with Gasteiger partial charge in [-0.1, -0.05) is 56.7 Å². The standard InChI is InChI=1S/C38H42F2N2O3/c1-5-25-11-16-36(41(4)22-25)28-13-15-34-29(20-28)23-42(38(34)45)32(19-26-17-30(39)21-31(40)18-26)14-12-27(6-2)37(44)35-10-8-7-9-33(35)24(3)43/h7-10,13,15-18,20-21,25,27,32H,5-6,11-12,14,19,22-23H2,1-4H3. The van der Waals surface area contributed by atoms with Gasteiger partial charge >= 0.3 is 0 Å². The van der Waals surface area contributed by atoms with E-state index in [1.165, 1.54) is 19.1 Å². The van der Waals surface area contributed by atoms with Crippen LogP contribution in [0.2, 0.25) is 0 Å². The highest BCUT2D eigenvalue weighted by Gasteiger charge is 2.34. The smallest absolute Gasteiger partial charge is 0.254 e. The van der Waals surface area contributed by atoms with Crippen LogP contribution in [0, 0.1) is 23.5 Å². The van der Waals surface area contributed by atoms with Crippen LogP contribution < -0.4 is 0 Å². The van der Waals surface area contributed by atoms with Crippen LogP contribution in [0.3, 0.4) is 0 Å². The normalized spacial score (nSPS) is 17.6. The Bertz CT molecular complexity index is 1610. The highest BCUT2D eigenvalue weighted by molar-refractivity contribution is 6.08. The van der Waals surface area contributed by atoms with Gasteiger partial charge in [-0.15, -0.1) is 0 Å². The van der Waals surface area contributed by atoms with Crippen LogP contribution in [-0.4, -0.2) is 46.9 Å². The minimum atomic E-state index is -0.665. The number of Topliss-reactive ketones (excluding diaryl/α,β-unsaturated/α-hetero) is 2. The minimum absolute atomic E-state index is 0.102. The lowest BCUT2D eigenvalue weighted by atomic mass is 9.86. The highest BCUT2D eigenvalue weighted by atomic mass is 19.1. The molecule has 2 heterocycles. The van der Waals surface area contributed by atoms with Crippen LogP contribution >= 0.6 is 0 Å². The van der Waals surface area contributed by atoms with E-state index in [0.29, 0.717) is 54.0 Å². The van der Waals surface area contributed by atoms with Crippen molar-refractivity contribution in [2.75, 3.05) is 13.6 Å². The van der Waals surface area contributed by atoms with Crippen LogP contribution in [0.4, 0.5) is 8.78 Å². The molecule has 3 aromatic carbocycles. The molecule has 2 aliphatic heterocycles. The first kappa shape index (κ1) is 32.3. The summed E-state index contributed by atoms with van der Waals surface area (Å²) < 4.78 is 28.4. The topological polar surface area (TPSA) is 57.7 Å². The van der Waals surface area contributed by atoms with Crippen LogP contribution in [0.1, 0.15) is 101 Å². The van der Waals surface area contributed by atoms with Crippen molar-refractivity contribution in [2.24, 2.45) is 11.8 Å². The van der Waals surface area contributed by atoms with Gasteiger partial charge in [-0.05, 0) is 85.9 Å². The number of carbonyl (C=O) groups is 3. The van der Waals surface area contributed by atoms with Crippen LogP contribution in [-0.2, 0) is 13.0 Å². The molecule has 0 aromatic heterocycles. The number of fused-ring (bicyclic) bond motifs is 1. The van der Waals surface area contributed by atoms with Crippen LogP contribution in [0.5, 0.6) is 0 Å². The minimum Gasteiger partial charge on any atom is -0.374 e. The molecule has 3 atom stereocenters. The molecule has 1 amide bonds. The Kier molecular flexibility index (Phi) is 9.96. The van der Waals surface area contributed by atoms with E-state index in [0.717, 1.165) is 42.3 Å². The van der Waals surface area contributed by atoms with Crippen molar-refractivity contribution in [2.45, 2.75) is 71.9 Å². The van der Waals surface area contributed by atoms with E-state index < -0.39 is 11.6 Å². The molecule has 0 fully saturated rings. The number of ketones is 2. The summed E-state index contributed by atoms with van der Waals surface area (Å²) in [6.45, 7) is 6.98. The number of rotatable bonds is 12. The molecule has 5 rings (SSSR count). The highest BCUT2D eigenvalue weighted by Crippen LogP contribution is 2.34. The van der Waals surface area contributed by atoms with Gasteiger partial charge in [-0.2, -0.15) is 0 Å². The molecular weight excluding hydrogens is 570 g/mol. The fourth-order valence-corrected chi connectivity index (χ4v) is 6.93. The van der Waals surface area contributed by atoms with Crippen molar-refractivity contribution in [3.8, 4) is 0 Å². The molecular formula is C38H42F2N2O3. The number of carbonyl (C=O) groups excluding carboxylic acids is 3. The van der Waals surface area contributed by atoms with Gasteiger partial charge in [0.2, 0.25) is 0 Å². The van der Waals surface area contributed by atoms with Crippen LogP contribution in [0.25, 0.3) is 5.70 Å². The molecule has 0 bridgehead atoms. The van der Waals surface area contributed by atoms with E-state index in [1.54, 1.807) is 29.2 Å². The molecule has 0 saturated heterocycles. The molecule has 236 valence electrons. The second-order valence-electron chi connectivity index (χ2n) is 12.6. The third kappa shape index (κ3) is 7.08. The van der Waals surface area contributed by atoms with Gasteiger partial charge in [0.1, 0.15) is 11.6 Å². The largest absolute Gasteiger partial charge is 0.374 e. The fraction of sp³-hybridized carbons (Fsp3) is 0.395. The van der Waals surface area contributed by atoms with Crippen molar-refractivity contribution in [1.82, 2.24) is 9.80 Å². The first-order chi connectivity index (χ1) is 21.6. The number of amides is 1. The summed E-state index contributed by atoms with van der Waals surface area (Å²) in [5, 5.41) is 0. The van der Waals surface area contributed by atoms with Gasteiger partial charge in [0.05, 0.1) is 0 Å². The number of hydrogen-bond donors (Lipinski definition) is 0. The molecule has 0 N–H and O–H groups in total. The average molecular weight is 613 g/mol. The summed E-state index contributed by atoms with van der Waals surface area (Å²) in [4.78, 5) is 43.8. The van der Waals surface area contributed by atoms with Gasteiger partial charge in [-0.25, -0.2) is 8.78 Å². The predicted octanol–water partition coefficient (Wildman–Crippen LogP) is 8.13. The zero-order valence-corrected chi connectivity index (χ0v) is 26.6. The number of halogens is 2. The van der Waals surface area contributed by atoms with Crippen molar-refractivity contribution in [3.63, 3.8) is 0 Å². The summed E-state index contributed by atoms with van der Waals surface area (Å²) in [6.07, 6.45) is 6.18. The third-order valence-electron chi connectivity index (χ3n) is 9.52. The van der Waals surface area contributed by atoms with E-state index in [-0.39, 0.29) is 35.9 Å². The summed E-state index contributed by atoms with van der Waals surface area (Å²) in [5.41, 5.74) is 5.07. The molecule has 0 saturated carbocycles. The second kappa shape index (κ2) is 13.9. The molecule has 0 radical (unpaired) electrons. The number of nitrogens with zero attached hydrogens (tertiary/aromatic N) is 2. The first-order valence-electron chi connectivity index (χ1n) is 16.0. The lowest BCUT2D eigenvalue weighted by Crippen LogP contribution is -2.38. The second-order valence-corrected chi connectivity index (χ2v) is 12.6. The maximum Gasteiger partial charge on any atom is 0.254 e. The van der Waals surface area contributed by atoms with E-state index in [2.05, 4.69) is 31.0 Å². The Hall–Kier alpha value is -4.13. The van der Waals surface area contributed by atoms with E-state index in [9.17, 15) is 23.2 Å². The van der Waals surface area contributed by atoms with Gasteiger partial charge in [0.25, 0.3) is 5.91 Å². The van der Waals surface area contributed by atoms with Crippen molar-refractivity contribution < 1.29 is 23.2 Å². The van der Waals surface area contributed by atoms with Gasteiger partial charge < -0.3 is 9.80 Å². The van der Waals surface area contributed by atoms with Crippen molar-refractivity contribution in [3.05, 3.63) is 112 Å². The molecule has 0 aliphatic carbocycles. The molecule has 45 heavy (non-hydrogen) atoms. The zero-order chi connectivity index (χ0) is 32.2. The Labute approximate surface area is 264 Å². The Morgan fingerprint density at radius 3 is 2.31 bits per heavy atom. The number of benzene rings is 3. The summed E-state index contributed by atoms with van der Waals surface area (Å²) in [6, 6.07) is 15.9. The zero-order valence-electron chi connectivity index (χ0n) is 26.6. The first-order valence-corrected chi connectivity index (χ1v) is 16.0. The Morgan fingerprint density at radius 2 is 1.67 bits per heavy atom. The van der Waals surface area contributed by atoms with E-state index >= 15 is 0 Å². The van der Waals surface area contributed by atoms with Crippen LogP contribution in [0.15, 0.2) is 66.7 Å². The predicted molar refractivity (Wildman–Crippen MR) is 173 cm³/mol. The molecule has 0 spiro atoms. The van der Waals surface area contributed by atoms with E-state index in [1.807, 2.05) is 19.1 Å². The van der Waals surface area contributed by atoms with Gasteiger partial charge in [0, 0.05) is 60.6 Å². The maximum absolute atomic E-state index is 14.2. The maximum atomic E-state index is 14.2. The fourth-order valence-electron chi connectivity index (χ4n) is 6.93. The molecule has 2 aliphatic rings. The monoisotopic (exact) mass is 612 g/mol. The van der Waals surface area contributed by atoms with Crippen molar-refractivity contribution >= 4 is 23.2 Å². The number of hydrogen-bond acceptors (Lipinski definition) is 4. The molecule has 3 aromatic rings. The molecule has 5 nitrogen and oxygen atoms in total. The SMILES string of the molecule is CCC1CC=C(c2ccc3c(c2)CN(C(CCC(CC)C(=O)c2ccccc2C(C)=O)Cc2cc(F)cc(F)c2)C3=O)N(C)C1. The summed E-state index contributed by atoms with van der Waals surface area (Å²) in [7, 11) is 2.10. The lowest BCUT2D eigenvalue weighted by molar-refractivity contribution is 0.0682. The van der Waals surface area contributed by atoms with E-state index in [4.69, 9.17) is 0 Å². The molecule has 3 unspecified atom stereocenters. The van der Waals surface area contributed by atoms with Gasteiger partial charge in [0.15, 0.2) is 11.6 Å². The van der Waals surface area contributed by atoms with Crippen molar-refractivity contribution in [1.29, 1.82) is 0 Å². The summed E-state index contributed by atoms with van der Waals surface area (Å²) >= 11 is 0. The quantitative estimate of drug-likeness (QED) is 0.194. The Balaban J connectivity index is 1.41. The molecule has 7 heteroatoms. The summed E-state index contributed by atoms with van der Waals surface area (Å²) in [5.74, 6) is -1.45. The number of allylic oxidation sites excluding steroid dienone is 1. The third-order valence-corrected chi connectivity index (χ3v) is 9.52. The average Bonchev–Trinajstić information content (AvgIpc) is 3.35. The van der Waals surface area contributed by atoms with Gasteiger partial charge in [-0.3, -0.25) is 14.4 Å². The Morgan fingerprint density at radius 1 is 0.956 bits per heavy atom. The lowest BCUT2D eigenvalue weighted by Gasteiger charge is -2.32.